The minimum Gasteiger partial charge on any atom is -0.402 e. The van der Waals surface area contributed by atoms with Gasteiger partial charge in [0.2, 0.25) is 0 Å². The molecule has 0 spiro atoms. The SMILES string of the molecule is Nc1c(SC(F)(F)F)ccc(Br)c1OC(F)(F)F. The van der Waals surface area contributed by atoms with Crippen LogP contribution in [0.4, 0.5) is 32.0 Å². The predicted octanol–water partition coefficient (Wildman–Crippen LogP) is 4.54. The Hall–Kier alpha value is -0.770. The third-order valence-corrected chi connectivity index (χ3v) is 2.98. The number of benzene rings is 1. The zero-order chi connectivity index (χ0) is 14.1. The highest BCUT2D eigenvalue weighted by molar-refractivity contribution is 9.10. The van der Waals surface area contributed by atoms with Gasteiger partial charge in [-0.25, -0.2) is 0 Å². The van der Waals surface area contributed by atoms with E-state index in [0.29, 0.717) is 0 Å². The van der Waals surface area contributed by atoms with Crippen LogP contribution in [0.1, 0.15) is 0 Å². The molecular weight excluding hydrogens is 352 g/mol. The lowest BCUT2D eigenvalue weighted by Crippen LogP contribution is -2.18. The van der Waals surface area contributed by atoms with Gasteiger partial charge in [0, 0.05) is 4.90 Å². The number of thioether (sulfide) groups is 1. The number of anilines is 1. The second kappa shape index (κ2) is 5.08. The molecule has 1 aromatic carbocycles. The highest BCUT2D eigenvalue weighted by atomic mass is 79.9. The predicted molar refractivity (Wildman–Crippen MR) is 57.1 cm³/mol. The van der Waals surface area contributed by atoms with Crippen LogP contribution in [0, 0.1) is 0 Å². The first-order valence-electron chi connectivity index (χ1n) is 4.09. The first kappa shape index (κ1) is 15.3. The van der Waals surface area contributed by atoms with Crippen LogP contribution in [-0.4, -0.2) is 11.9 Å². The Morgan fingerprint density at radius 2 is 1.67 bits per heavy atom. The molecular formula is C8H4BrF6NOS. The van der Waals surface area contributed by atoms with Crippen molar-refractivity contribution in [2.24, 2.45) is 0 Å². The molecule has 0 saturated heterocycles. The fraction of sp³-hybridized carbons (Fsp3) is 0.250. The summed E-state index contributed by atoms with van der Waals surface area (Å²) >= 11 is 2.10. The molecule has 0 unspecified atom stereocenters. The molecule has 10 heteroatoms. The van der Waals surface area contributed by atoms with E-state index in [0.717, 1.165) is 12.1 Å². The van der Waals surface area contributed by atoms with Crippen molar-refractivity contribution in [2.75, 3.05) is 5.73 Å². The average Bonchev–Trinajstić information content (AvgIpc) is 2.14. The van der Waals surface area contributed by atoms with Crippen LogP contribution < -0.4 is 10.5 Å². The van der Waals surface area contributed by atoms with Crippen molar-refractivity contribution in [1.82, 2.24) is 0 Å². The van der Waals surface area contributed by atoms with Gasteiger partial charge in [-0.05, 0) is 39.8 Å². The molecule has 18 heavy (non-hydrogen) atoms. The smallest absolute Gasteiger partial charge is 0.402 e. The first-order chi connectivity index (χ1) is 7.99. The molecule has 0 aliphatic carbocycles. The molecule has 0 heterocycles. The second-order valence-electron chi connectivity index (χ2n) is 2.88. The molecule has 2 N–H and O–H groups in total. The highest BCUT2D eigenvalue weighted by Crippen LogP contribution is 2.45. The van der Waals surface area contributed by atoms with E-state index in [1.165, 1.54) is 0 Å². The van der Waals surface area contributed by atoms with Gasteiger partial charge in [-0.2, -0.15) is 13.2 Å². The molecule has 0 saturated carbocycles. The minimum atomic E-state index is -5.04. The van der Waals surface area contributed by atoms with Crippen molar-refractivity contribution in [2.45, 2.75) is 16.8 Å². The summed E-state index contributed by atoms with van der Waals surface area (Å²) in [5.74, 6) is -0.892. The van der Waals surface area contributed by atoms with Crippen LogP contribution in [0.2, 0.25) is 0 Å². The average molecular weight is 356 g/mol. The van der Waals surface area contributed by atoms with Crippen LogP contribution in [0.3, 0.4) is 0 Å². The van der Waals surface area contributed by atoms with E-state index in [4.69, 9.17) is 5.73 Å². The number of nitrogens with two attached hydrogens (primary N) is 1. The van der Waals surface area contributed by atoms with Gasteiger partial charge in [-0.3, -0.25) is 0 Å². The Morgan fingerprint density at radius 3 is 2.11 bits per heavy atom. The number of alkyl halides is 6. The summed E-state index contributed by atoms with van der Waals surface area (Å²) in [4.78, 5) is -0.565. The minimum absolute atomic E-state index is 0.191. The van der Waals surface area contributed by atoms with E-state index in [-0.39, 0.29) is 4.47 Å². The Labute approximate surface area is 110 Å². The van der Waals surface area contributed by atoms with Crippen LogP contribution in [0.15, 0.2) is 21.5 Å². The molecule has 102 valence electrons. The van der Waals surface area contributed by atoms with Gasteiger partial charge in [0.1, 0.15) is 0 Å². The Kier molecular flexibility index (Phi) is 4.31. The van der Waals surface area contributed by atoms with Crippen LogP contribution >= 0.6 is 27.7 Å². The van der Waals surface area contributed by atoms with Crippen LogP contribution in [0.25, 0.3) is 0 Å². The van der Waals surface area contributed by atoms with Crippen molar-refractivity contribution in [1.29, 1.82) is 0 Å². The Balaban J connectivity index is 3.15. The van der Waals surface area contributed by atoms with E-state index in [1.807, 2.05) is 0 Å². The lowest BCUT2D eigenvalue weighted by molar-refractivity contribution is -0.274. The van der Waals surface area contributed by atoms with E-state index in [1.54, 1.807) is 0 Å². The molecule has 0 fully saturated rings. The number of nitrogen functional groups attached to an aromatic ring is 1. The van der Waals surface area contributed by atoms with Crippen molar-refractivity contribution < 1.29 is 31.1 Å². The lowest BCUT2D eigenvalue weighted by Gasteiger charge is -2.15. The quantitative estimate of drug-likeness (QED) is 0.480. The topological polar surface area (TPSA) is 35.2 Å². The monoisotopic (exact) mass is 355 g/mol. The fourth-order valence-electron chi connectivity index (χ4n) is 0.988. The summed E-state index contributed by atoms with van der Waals surface area (Å²) in [7, 11) is 0. The van der Waals surface area contributed by atoms with E-state index in [2.05, 4.69) is 20.7 Å². The third kappa shape index (κ3) is 4.48. The van der Waals surface area contributed by atoms with Crippen molar-refractivity contribution >= 4 is 33.4 Å². The molecule has 1 aromatic rings. The molecule has 0 aliphatic heterocycles. The Bertz CT molecular complexity index is 446. The number of halogens is 7. The van der Waals surface area contributed by atoms with E-state index >= 15 is 0 Å². The summed E-state index contributed by atoms with van der Waals surface area (Å²) in [6.45, 7) is 0. The van der Waals surface area contributed by atoms with Crippen LogP contribution in [0.5, 0.6) is 5.75 Å². The first-order valence-corrected chi connectivity index (χ1v) is 5.70. The van der Waals surface area contributed by atoms with Gasteiger partial charge in [0.05, 0.1) is 10.2 Å². The number of hydrogen-bond donors (Lipinski definition) is 1. The molecule has 0 aliphatic rings. The maximum Gasteiger partial charge on any atom is 0.573 e. The van der Waals surface area contributed by atoms with Gasteiger partial charge in [0.25, 0.3) is 0 Å². The summed E-state index contributed by atoms with van der Waals surface area (Å²) < 4.78 is 75.9. The maximum absolute atomic E-state index is 12.1. The van der Waals surface area contributed by atoms with E-state index in [9.17, 15) is 26.3 Å². The van der Waals surface area contributed by atoms with Crippen molar-refractivity contribution in [3.05, 3.63) is 16.6 Å². The maximum atomic E-state index is 12.1. The van der Waals surface area contributed by atoms with Gasteiger partial charge in [0.15, 0.2) is 5.75 Å². The Morgan fingerprint density at radius 1 is 1.11 bits per heavy atom. The fourth-order valence-corrected chi connectivity index (χ4v) is 2.00. The summed E-state index contributed by atoms with van der Waals surface area (Å²) in [5, 5.41) is 0. The molecule has 2 nitrogen and oxygen atoms in total. The standard InChI is InChI=1S/C8H4BrF6NOS/c9-3-1-2-4(18-8(13,14)15)5(16)6(3)17-7(10,11)12/h1-2H,16H2. The van der Waals surface area contributed by atoms with E-state index < -0.39 is 40.0 Å². The zero-order valence-electron chi connectivity index (χ0n) is 8.19. The normalized spacial score (nSPS) is 12.6. The highest BCUT2D eigenvalue weighted by Gasteiger charge is 2.35. The number of rotatable bonds is 2. The zero-order valence-corrected chi connectivity index (χ0v) is 10.6. The largest absolute Gasteiger partial charge is 0.573 e. The molecule has 0 amide bonds. The van der Waals surface area contributed by atoms with Gasteiger partial charge in [-0.1, -0.05) is 0 Å². The van der Waals surface area contributed by atoms with Crippen molar-refractivity contribution in [3.8, 4) is 5.75 Å². The molecule has 1 rings (SSSR count). The summed E-state index contributed by atoms with van der Waals surface area (Å²) in [5.41, 5.74) is -0.165. The molecule has 0 bridgehead atoms. The van der Waals surface area contributed by atoms with Gasteiger partial charge < -0.3 is 10.5 Å². The molecule has 0 atom stereocenters. The number of hydrogen-bond acceptors (Lipinski definition) is 3. The third-order valence-electron chi connectivity index (χ3n) is 1.55. The van der Waals surface area contributed by atoms with Gasteiger partial charge in [-0.15, -0.1) is 13.2 Å². The van der Waals surface area contributed by atoms with Crippen molar-refractivity contribution in [3.63, 3.8) is 0 Å². The second-order valence-corrected chi connectivity index (χ2v) is 4.85. The van der Waals surface area contributed by atoms with Crippen LogP contribution in [-0.2, 0) is 0 Å². The molecule has 0 radical (unpaired) electrons. The summed E-state index contributed by atoms with van der Waals surface area (Å²) in [6.07, 6.45) is -5.04. The van der Waals surface area contributed by atoms with Gasteiger partial charge >= 0.3 is 11.9 Å². The number of ether oxygens (including phenoxy) is 1. The lowest BCUT2D eigenvalue weighted by atomic mass is 10.3. The summed E-state index contributed by atoms with van der Waals surface area (Å²) in [6, 6.07) is 1.94. The molecule has 0 aromatic heterocycles.